The SMILES string of the molecule is C[C@@H]1CC(C)(C)C[C@@]2(C1)NC(=O)N(CC(=O)OCC(=O)N1CCCc3ccccc31)C2=O. The Morgan fingerprint density at radius 3 is 2.69 bits per heavy atom. The lowest BCUT2D eigenvalue weighted by atomic mass is 9.64. The summed E-state index contributed by atoms with van der Waals surface area (Å²) in [7, 11) is 0. The van der Waals surface area contributed by atoms with Gasteiger partial charge in [0.05, 0.1) is 0 Å². The van der Waals surface area contributed by atoms with E-state index in [1.54, 1.807) is 4.90 Å². The van der Waals surface area contributed by atoms with E-state index in [0.29, 0.717) is 19.4 Å². The van der Waals surface area contributed by atoms with Gasteiger partial charge in [0.25, 0.3) is 11.8 Å². The van der Waals surface area contributed by atoms with E-state index < -0.39 is 30.7 Å². The molecule has 1 spiro atoms. The van der Waals surface area contributed by atoms with Crippen molar-refractivity contribution in [1.82, 2.24) is 10.2 Å². The summed E-state index contributed by atoms with van der Waals surface area (Å²) in [5.41, 5.74) is 0.873. The first-order valence-electron chi connectivity index (χ1n) is 11.3. The lowest BCUT2D eigenvalue weighted by Gasteiger charge is -2.43. The Morgan fingerprint density at radius 2 is 1.94 bits per heavy atom. The molecule has 1 aromatic rings. The van der Waals surface area contributed by atoms with E-state index in [4.69, 9.17) is 4.74 Å². The van der Waals surface area contributed by atoms with Crippen LogP contribution in [-0.4, -0.2) is 54.0 Å². The number of esters is 1. The highest BCUT2D eigenvalue weighted by atomic mass is 16.5. The first-order chi connectivity index (χ1) is 15.1. The molecule has 2 aliphatic heterocycles. The van der Waals surface area contributed by atoms with Crippen LogP contribution in [0.15, 0.2) is 24.3 Å². The predicted octanol–water partition coefficient (Wildman–Crippen LogP) is 2.65. The van der Waals surface area contributed by atoms with Gasteiger partial charge >= 0.3 is 12.0 Å². The van der Waals surface area contributed by atoms with Gasteiger partial charge < -0.3 is 15.0 Å². The molecule has 0 aromatic heterocycles. The summed E-state index contributed by atoms with van der Waals surface area (Å²) in [5.74, 6) is -1.19. The smallest absolute Gasteiger partial charge is 0.326 e. The monoisotopic (exact) mass is 441 g/mol. The van der Waals surface area contributed by atoms with Crippen LogP contribution >= 0.6 is 0 Å². The first-order valence-corrected chi connectivity index (χ1v) is 11.3. The third-order valence-corrected chi connectivity index (χ3v) is 6.68. The standard InChI is InChI=1S/C24H31N3O5/c1-16-11-23(2,3)15-24(12-16)21(30)27(22(31)25-24)13-20(29)32-14-19(28)26-10-6-8-17-7-4-5-9-18(17)26/h4-5,7,9,16H,6,8,10-15H2,1-3H3,(H,25,31)/t16-,24-/m1/s1. The molecule has 1 aliphatic carbocycles. The summed E-state index contributed by atoms with van der Waals surface area (Å²) in [6.07, 6.45) is 3.81. The van der Waals surface area contributed by atoms with Crippen molar-refractivity contribution in [2.24, 2.45) is 11.3 Å². The van der Waals surface area contributed by atoms with Crippen molar-refractivity contribution in [1.29, 1.82) is 0 Å². The Hall–Kier alpha value is -2.90. The highest BCUT2D eigenvalue weighted by Gasteiger charge is 2.56. The van der Waals surface area contributed by atoms with Gasteiger partial charge in [-0.05, 0) is 55.1 Å². The summed E-state index contributed by atoms with van der Waals surface area (Å²) < 4.78 is 5.16. The van der Waals surface area contributed by atoms with E-state index in [-0.39, 0.29) is 23.1 Å². The number of carbonyl (C=O) groups is 4. The minimum Gasteiger partial charge on any atom is -0.454 e. The Kier molecular flexibility index (Phi) is 5.73. The number of nitrogens with zero attached hydrogens (tertiary/aromatic N) is 2. The molecule has 4 rings (SSSR count). The molecule has 32 heavy (non-hydrogen) atoms. The summed E-state index contributed by atoms with van der Waals surface area (Å²) in [5, 5.41) is 2.84. The van der Waals surface area contributed by atoms with Crippen LogP contribution in [0.3, 0.4) is 0 Å². The zero-order valence-corrected chi connectivity index (χ0v) is 19.0. The second kappa shape index (κ2) is 8.22. The molecular formula is C24H31N3O5. The number of aryl methyl sites for hydroxylation is 1. The van der Waals surface area contributed by atoms with Crippen molar-refractivity contribution in [3.8, 4) is 0 Å². The molecule has 1 aromatic carbocycles. The third-order valence-electron chi connectivity index (χ3n) is 6.68. The number of para-hydroxylation sites is 1. The average Bonchev–Trinajstić information content (AvgIpc) is 2.93. The molecule has 1 saturated heterocycles. The summed E-state index contributed by atoms with van der Waals surface area (Å²) in [6.45, 7) is 5.90. The number of nitrogens with one attached hydrogen (secondary N) is 1. The quantitative estimate of drug-likeness (QED) is 0.572. The maximum Gasteiger partial charge on any atom is 0.326 e. The summed E-state index contributed by atoms with van der Waals surface area (Å²) >= 11 is 0. The highest BCUT2D eigenvalue weighted by molar-refractivity contribution is 6.09. The second-order valence-electron chi connectivity index (χ2n) is 10.2. The molecule has 4 amide bonds. The Bertz CT molecular complexity index is 959. The summed E-state index contributed by atoms with van der Waals surface area (Å²) in [4.78, 5) is 53.3. The molecule has 2 fully saturated rings. The molecule has 1 saturated carbocycles. The van der Waals surface area contributed by atoms with Crippen LogP contribution < -0.4 is 10.2 Å². The van der Waals surface area contributed by atoms with Crippen molar-refractivity contribution in [3.63, 3.8) is 0 Å². The van der Waals surface area contributed by atoms with Crippen LogP contribution in [-0.2, 0) is 25.5 Å². The van der Waals surface area contributed by atoms with Crippen LogP contribution in [0.1, 0.15) is 52.0 Å². The van der Waals surface area contributed by atoms with E-state index >= 15 is 0 Å². The number of hydrogen-bond donors (Lipinski definition) is 1. The van der Waals surface area contributed by atoms with E-state index in [1.165, 1.54) is 0 Å². The predicted molar refractivity (Wildman–Crippen MR) is 118 cm³/mol. The number of benzene rings is 1. The van der Waals surface area contributed by atoms with Crippen molar-refractivity contribution < 1.29 is 23.9 Å². The minimum atomic E-state index is -0.966. The summed E-state index contributed by atoms with van der Waals surface area (Å²) in [6, 6.07) is 7.10. The number of carbonyl (C=O) groups excluding carboxylic acids is 4. The normalized spacial score (nSPS) is 26.7. The number of imide groups is 1. The molecule has 1 N–H and O–H groups in total. The fourth-order valence-electron chi connectivity index (χ4n) is 5.84. The van der Waals surface area contributed by atoms with E-state index in [0.717, 1.165) is 35.4 Å². The topological polar surface area (TPSA) is 96.0 Å². The molecule has 172 valence electrons. The van der Waals surface area contributed by atoms with Gasteiger partial charge in [-0.3, -0.25) is 19.3 Å². The molecule has 8 nitrogen and oxygen atoms in total. The molecule has 8 heteroatoms. The number of fused-ring (bicyclic) bond motifs is 1. The van der Waals surface area contributed by atoms with E-state index in [1.807, 2.05) is 24.3 Å². The van der Waals surface area contributed by atoms with Gasteiger partial charge in [0.1, 0.15) is 12.1 Å². The fourth-order valence-corrected chi connectivity index (χ4v) is 5.84. The van der Waals surface area contributed by atoms with E-state index in [2.05, 4.69) is 26.1 Å². The van der Waals surface area contributed by atoms with Crippen LogP contribution in [0.2, 0.25) is 0 Å². The Labute approximate surface area is 188 Å². The number of urea groups is 1. The number of amides is 4. The van der Waals surface area contributed by atoms with Gasteiger partial charge in [0.15, 0.2) is 6.61 Å². The van der Waals surface area contributed by atoms with Crippen LogP contribution in [0.4, 0.5) is 10.5 Å². The Balaban J connectivity index is 1.36. The molecule has 0 unspecified atom stereocenters. The van der Waals surface area contributed by atoms with Gasteiger partial charge in [0.2, 0.25) is 0 Å². The van der Waals surface area contributed by atoms with Gasteiger partial charge in [-0.15, -0.1) is 0 Å². The fraction of sp³-hybridized carbons (Fsp3) is 0.583. The van der Waals surface area contributed by atoms with Crippen LogP contribution in [0.25, 0.3) is 0 Å². The van der Waals surface area contributed by atoms with Crippen molar-refractivity contribution in [2.45, 2.75) is 58.4 Å². The lowest BCUT2D eigenvalue weighted by molar-refractivity contribution is -0.151. The zero-order chi connectivity index (χ0) is 23.1. The zero-order valence-electron chi connectivity index (χ0n) is 19.0. The number of hydrogen-bond acceptors (Lipinski definition) is 5. The molecule has 3 aliphatic rings. The molecule has 2 atom stereocenters. The number of ether oxygens (including phenoxy) is 1. The van der Waals surface area contributed by atoms with Crippen molar-refractivity contribution in [2.75, 3.05) is 24.6 Å². The number of anilines is 1. The second-order valence-corrected chi connectivity index (χ2v) is 10.2. The lowest BCUT2D eigenvalue weighted by Crippen LogP contribution is -2.54. The van der Waals surface area contributed by atoms with Crippen LogP contribution in [0, 0.1) is 11.3 Å². The molecular weight excluding hydrogens is 410 g/mol. The molecule has 2 heterocycles. The van der Waals surface area contributed by atoms with E-state index in [9.17, 15) is 19.2 Å². The molecule has 0 radical (unpaired) electrons. The third kappa shape index (κ3) is 4.23. The van der Waals surface area contributed by atoms with Crippen molar-refractivity contribution >= 4 is 29.5 Å². The van der Waals surface area contributed by atoms with Gasteiger partial charge in [-0.25, -0.2) is 4.79 Å². The van der Waals surface area contributed by atoms with Gasteiger partial charge in [0, 0.05) is 12.2 Å². The number of rotatable bonds is 4. The van der Waals surface area contributed by atoms with Crippen LogP contribution in [0.5, 0.6) is 0 Å². The Morgan fingerprint density at radius 1 is 1.19 bits per heavy atom. The first kappa shape index (κ1) is 22.3. The maximum absolute atomic E-state index is 13.1. The van der Waals surface area contributed by atoms with Crippen molar-refractivity contribution in [3.05, 3.63) is 29.8 Å². The maximum atomic E-state index is 13.1. The molecule has 0 bridgehead atoms. The highest BCUT2D eigenvalue weighted by Crippen LogP contribution is 2.46. The average molecular weight is 442 g/mol. The van der Waals surface area contributed by atoms with Gasteiger partial charge in [-0.2, -0.15) is 0 Å². The van der Waals surface area contributed by atoms with Gasteiger partial charge in [-0.1, -0.05) is 39.0 Å². The minimum absolute atomic E-state index is 0.0890. The largest absolute Gasteiger partial charge is 0.454 e.